The Morgan fingerprint density at radius 2 is 2.25 bits per heavy atom. The van der Waals surface area contributed by atoms with E-state index in [0.717, 1.165) is 3.79 Å². The molecule has 8 heteroatoms. The van der Waals surface area contributed by atoms with Gasteiger partial charge in [0.05, 0.1) is 8.81 Å². The van der Waals surface area contributed by atoms with Crippen molar-refractivity contribution in [3.8, 4) is 0 Å². The molecule has 0 aliphatic rings. The van der Waals surface area contributed by atoms with Crippen molar-refractivity contribution in [3.05, 3.63) is 50.9 Å². The lowest BCUT2D eigenvalue weighted by Crippen LogP contribution is -2.12. The van der Waals surface area contributed by atoms with E-state index in [1.807, 2.05) is 6.20 Å². The van der Waals surface area contributed by atoms with Gasteiger partial charge in [0.25, 0.3) is 5.91 Å². The lowest BCUT2D eigenvalue weighted by molar-refractivity contribution is 0.102. The molecular formula is C12H6BrClFN3OS. The van der Waals surface area contributed by atoms with E-state index in [2.05, 4.69) is 26.2 Å². The summed E-state index contributed by atoms with van der Waals surface area (Å²) >= 11 is 10.4. The number of nitrogens with one attached hydrogen (secondary N) is 1. The number of benzene rings is 1. The first-order valence-corrected chi connectivity index (χ1v) is 7.42. The van der Waals surface area contributed by atoms with Crippen molar-refractivity contribution < 1.29 is 9.18 Å². The number of hydrogen-bond donors (Lipinski definition) is 1. The summed E-state index contributed by atoms with van der Waals surface area (Å²) in [4.78, 5) is 16.9. The van der Waals surface area contributed by atoms with Crippen molar-refractivity contribution in [1.82, 2.24) is 9.38 Å². The zero-order valence-corrected chi connectivity index (χ0v) is 12.9. The highest BCUT2D eigenvalue weighted by atomic mass is 79.9. The largest absolute Gasteiger partial charge is 0.321 e. The van der Waals surface area contributed by atoms with Crippen LogP contribution in [-0.2, 0) is 0 Å². The summed E-state index contributed by atoms with van der Waals surface area (Å²) < 4.78 is 15.7. The van der Waals surface area contributed by atoms with Gasteiger partial charge in [0, 0.05) is 18.1 Å². The number of imidazole rings is 1. The van der Waals surface area contributed by atoms with Crippen molar-refractivity contribution in [2.75, 3.05) is 5.32 Å². The molecule has 0 aliphatic carbocycles. The summed E-state index contributed by atoms with van der Waals surface area (Å²) in [6.45, 7) is 0. The SMILES string of the molecule is O=C(Nc1ccc(F)c(Cl)c1)c1cn2cc(Br)sc2n1. The summed E-state index contributed by atoms with van der Waals surface area (Å²) in [5, 5.41) is 2.57. The van der Waals surface area contributed by atoms with Gasteiger partial charge >= 0.3 is 0 Å². The fraction of sp³-hybridized carbons (Fsp3) is 0. The number of fused-ring (bicyclic) bond motifs is 1. The molecule has 0 atom stereocenters. The molecule has 0 saturated carbocycles. The van der Waals surface area contributed by atoms with Gasteiger partial charge in [0.1, 0.15) is 11.5 Å². The predicted octanol–water partition coefficient (Wildman–Crippen LogP) is 4.20. The highest BCUT2D eigenvalue weighted by molar-refractivity contribution is 9.11. The van der Waals surface area contributed by atoms with Gasteiger partial charge in [-0.05, 0) is 34.1 Å². The first kappa shape index (κ1) is 13.5. The molecule has 3 rings (SSSR count). The molecule has 0 radical (unpaired) electrons. The maximum absolute atomic E-state index is 13.0. The Morgan fingerprint density at radius 1 is 1.45 bits per heavy atom. The minimum Gasteiger partial charge on any atom is -0.321 e. The van der Waals surface area contributed by atoms with Gasteiger partial charge in [-0.15, -0.1) is 0 Å². The number of thiazole rings is 1. The Hall–Kier alpha value is -1.44. The van der Waals surface area contributed by atoms with Crippen LogP contribution >= 0.6 is 38.9 Å². The van der Waals surface area contributed by atoms with E-state index in [-0.39, 0.29) is 16.6 Å². The highest BCUT2D eigenvalue weighted by Crippen LogP contribution is 2.23. The van der Waals surface area contributed by atoms with E-state index in [4.69, 9.17) is 11.6 Å². The molecule has 0 fully saturated rings. The molecule has 2 aromatic heterocycles. The van der Waals surface area contributed by atoms with Crippen LogP contribution in [-0.4, -0.2) is 15.3 Å². The number of carbonyl (C=O) groups is 1. The molecule has 1 N–H and O–H groups in total. The van der Waals surface area contributed by atoms with E-state index in [0.29, 0.717) is 10.6 Å². The van der Waals surface area contributed by atoms with Crippen LogP contribution in [0.25, 0.3) is 4.96 Å². The van der Waals surface area contributed by atoms with Crippen LogP contribution in [0.1, 0.15) is 10.5 Å². The van der Waals surface area contributed by atoms with Crippen molar-refractivity contribution in [2.24, 2.45) is 0 Å². The van der Waals surface area contributed by atoms with Gasteiger partial charge in [0.15, 0.2) is 4.96 Å². The Labute approximate surface area is 130 Å². The number of amides is 1. The van der Waals surface area contributed by atoms with E-state index < -0.39 is 5.82 Å². The summed E-state index contributed by atoms with van der Waals surface area (Å²) in [6.07, 6.45) is 3.44. The summed E-state index contributed by atoms with van der Waals surface area (Å²) in [5.41, 5.74) is 0.697. The Balaban J connectivity index is 1.84. The van der Waals surface area contributed by atoms with Gasteiger partial charge in [0.2, 0.25) is 0 Å². The number of hydrogen-bond acceptors (Lipinski definition) is 3. The first-order chi connectivity index (χ1) is 9.52. The topological polar surface area (TPSA) is 46.4 Å². The molecular weight excluding hydrogens is 369 g/mol. The molecule has 0 aliphatic heterocycles. The molecule has 1 aromatic carbocycles. The fourth-order valence-corrected chi connectivity index (χ4v) is 3.18. The van der Waals surface area contributed by atoms with Crippen LogP contribution in [0.3, 0.4) is 0 Å². The van der Waals surface area contributed by atoms with Gasteiger partial charge in [-0.2, -0.15) is 0 Å². The van der Waals surface area contributed by atoms with Crippen molar-refractivity contribution in [1.29, 1.82) is 0 Å². The number of nitrogens with zero attached hydrogens (tertiary/aromatic N) is 2. The number of carbonyl (C=O) groups excluding carboxylic acids is 1. The maximum Gasteiger partial charge on any atom is 0.275 e. The van der Waals surface area contributed by atoms with Crippen molar-refractivity contribution >= 4 is 55.4 Å². The molecule has 0 unspecified atom stereocenters. The van der Waals surface area contributed by atoms with E-state index in [1.165, 1.54) is 29.5 Å². The van der Waals surface area contributed by atoms with E-state index in [1.54, 1.807) is 10.6 Å². The summed E-state index contributed by atoms with van der Waals surface area (Å²) in [6, 6.07) is 3.98. The predicted molar refractivity (Wildman–Crippen MR) is 80.1 cm³/mol. The fourth-order valence-electron chi connectivity index (χ4n) is 1.65. The zero-order valence-electron chi connectivity index (χ0n) is 9.73. The van der Waals surface area contributed by atoms with Gasteiger partial charge in [-0.25, -0.2) is 9.37 Å². The monoisotopic (exact) mass is 373 g/mol. The van der Waals surface area contributed by atoms with Crippen LogP contribution in [0, 0.1) is 5.82 Å². The molecule has 20 heavy (non-hydrogen) atoms. The quantitative estimate of drug-likeness (QED) is 0.730. The minimum absolute atomic E-state index is 0.0439. The number of rotatable bonds is 2. The van der Waals surface area contributed by atoms with Crippen LogP contribution in [0.4, 0.5) is 10.1 Å². The third kappa shape index (κ3) is 2.56. The first-order valence-electron chi connectivity index (χ1n) is 5.43. The van der Waals surface area contributed by atoms with Gasteiger partial charge in [-0.1, -0.05) is 22.9 Å². The van der Waals surface area contributed by atoms with Crippen molar-refractivity contribution in [3.63, 3.8) is 0 Å². The Bertz CT molecular complexity index is 785. The maximum atomic E-state index is 13.0. The molecule has 0 bridgehead atoms. The number of anilines is 1. The average Bonchev–Trinajstić information content (AvgIpc) is 2.91. The van der Waals surface area contributed by atoms with Crippen LogP contribution in [0.15, 0.2) is 34.4 Å². The second-order valence-corrected chi connectivity index (χ2v) is 6.73. The molecule has 1 amide bonds. The molecule has 2 heterocycles. The number of halogens is 3. The lowest BCUT2D eigenvalue weighted by atomic mass is 10.3. The molecule has 3 aromatic rings. The Kier molecular flexibility index (Phi) is 3.49. The van der Waals surface area contributed by atoms with Crippen LogP contribution < -0.4 is 5.32 Å². The van der Waals surface area contributed by atoms with Crippen molar-refractivity contribution in [2.45, 2.75) is 0 Å². The number of aromatic nitrogens is 2. The molecule has 4 nitrogen and oxygen atoms in total. The lowest BCUT2D eigenvalue weighted by Gasteiger charge is -2.03. The van der Waals surface area contributed by atoms with Gasteiger partial charge in [-0.3, -0.25) is 9.20 Å². The summed E-state index contributed by atoms with van der Waals surface area (Å²) in [5.74, 6) is -0.906. The Morgan fingerprint density at radius 3 is 2.95 bits per heavy atom. The van der Waals surface area contributed by atoms with E-state index >= 15 is 0 Å². The zero-order chi connectivity index (χ0) is 14.3. The molecule has 102 valence electrons. The third-order valence-corrected chi connectivity index (χ3v) is 4.30. The smallest absolute Gasteiger partial charge is 0.275 e. The second kappa shape index (κ2) is 5.16. The summed E-state index contributed by atoms with van der Waals surface area (Å²) in [7, 11) is 0. The van der Waals surface area contributed by atoms with E-state index in [9.17, 15) is 9.18 Å². The molecule has 0 saturated heterocycles. The highest BCUT2D eigenvalue weighted by Gasteiger charge is 2.13. The normalized spacial score (nSPS) is 10.9. The second-order valence-electron chi connectivity index (χ2n) is 3.93. The van der Waals surface area contributed by atoms with Crippen LogP contribution in [0.5, 0.6) is 0 Å². The molecule has 0 spiro atoms. The van der Waals surface area contributed by atoms with Crippen LogP contribution in [0.2, 0.25) is 5.02 Å². The third-order valence-electron chi connectivity index (χ3n) is 2.54. The minimum atomic E-state index is -0.531. The van der Waals surface area contributed by atoms with Gasteiger partial charge < -0.3 is 5.32 Å². The average molecular weight is 375 g/mol. The standard InChI is InChI=1S/C12H6BrClFN3OS/c13-10-5-18-4-9(17-12(18)20-10)11(19)16-6-1-2-8(15)7(14)3-6/h1-5H,(H,16,19).